The van der Waals surface area contributed by atoms with Crippen molar-refractivity contribution >= 4 is 34.3 Å². The summed E-state index contributed by atoms with van der Waals surface area (Å²) in [5.41, 5.74) is -0.431. The SMILES string of the molecule is O=C(CSc1ccc2ccccc2c1)OCC(=O)c1cc(F)ccc1F. The normalized spacial score (nSPS) is 10.7. The van der Waals surface area contributed by atoms with Crippen molar-refractivity contribution in [2.75, 3.05) is 12.4 Å². The Bertz CT molecular complexity index is 972. The highest BCUT2D eigenvalue weighted by atomic mass is 32.2. The lowest BCUT2D eigenvalue weighted by molar-refractivity contribution is -0.139. The van der Waals surface area contributed by atoms with E-state index < -0.39 is 35.6 Å². The quantitative estimate of drug-likeness (QED) is 0.359. The van der Waals surface area contributed by atoms with E-state index in [0.29, 0.717) is 0 Å². The highest BCUT2D eigenvalue weighted by Gasteiger charge is 2.15. The van der Waals surface area contributed by atoms with Gasteiger partial charge in [0.2, 0.25) is 5.78 Å². The summed E-state index contributed by atoms with van der Waals surface area (Å²) in [6.07, 6.45) is 0. The average molecular weight is 372 g/mol. The average Bonchev–Trinajstić information content (AvgIpc) is 2.66. The fraction of sp³-hybridized carbons (Fsp3) is 0.100. The minimum Gasteiger partial charge on any atom is -0.457 e. The zero-order valence-corrected chi connectivity index (χ0v) is 14.4. The van der Waals surface area contributed by atoms with E-state index in [2.05, 4.69) is 0 Å². The van der Waals surface area contributed by atoms with Crippen molar-refractivity contribution < 1.29 is 23.1 Å². The number of benzene rings is 3. The first-order valence-electron chi connectivity index (χ1n) is 7.78. The van der Waals surface area contributed by atoms with Crippen LogP contribution in [0.4, 0.5) is 8.78 Å². The number of hydrogen-bond acceptors (Lipinski definition) is 4. The maximum atomic E-state index is 13.5. The predicted molar refractivity (Wildman–Crippen MR) is 96.3 cm³/mol. The summed E-state index contributed by atoms with van der Waals surface area (Å²) in [6, 6.07) is 16.2. The van der Waals surface area contributed by atoms with Crippen LogP contribution < -0.4 is 0 Å². The highest BCUT2D eigenvalue weighted by Crippen LogP contribution is 2.23. The Hall–Kier alpha value is -2.73. The molecule has 0 spiro atoms. The second-order valence-corrected chi connectivity index (χ2v) is 6.55. The molecule has 0 aromatic heterocycles. The topological polar surface area (TPSA) is 43.4 Å². The number of carbonyl (C=O) groups is 2. The molecular formula is C20H14F2O3S. The standard InChI is InChI=1S/C20H14F2O3S/c21-15-6-8-18(22)17(10-15)19(23)11-25-20(24)12-26-16-7-5-13-3-1-2-4-14(13)9-16/h1-10H,11-12H2. The Balaban J connectivity index is 1.53. The molecule has 0 aliphatic heterocycles. The summed E-state index contributed by atoms with van der Waals surface area (Å²) in [7, 11) is 0. The Morgan fingerprint density at radius 3 is 2.50 bits per heavy atom. The fourth-order valence-corrected chi connectivity index (χ4v) is 3.12. The van der Waals surface area contributed by atoms with E-state index in [9.17, 15) is 18.4 Å². The first-order valence-corrected chi connectivity index (χ1v) is 8.77. The van der Waals surface area contributed by atoms with Gasteiger partial charge in [-0.25, -0.2) is 8.78 Å². The van der Waals surface area contributed by atoms with Crippen LogP contribution in [0.2, 0.25) is 0 Å². The van der Waals surface area contributed by atoms with Crippen LogP contribution in [-0.2, 0) is 9.53 Å². The third kappa shape index (κ3) is 4.46. The van der Waals surface area contributed by atoms with Gasteiger partial charge in [-0.15, -0.1) is 11.8 Å². The summed E-state index contributed by atoms with van der Waals surface area (Å²) < 4.78 is 31.5. The Morgan fingerprint density at radius 2 is 1.69 bits per heavy atom. The van der Waals surface area contributed by atoms with Gasteiger partial charge in [-0.2, -0.15) is 0 Å². The van der Waals surface area contributed by atoms with E-state index in [0.717, 1.165) is 33.9 Å². The summed E-state index contributed by atoms with van der Waals surface area (Å²) in [5.74, 6) is -2.96. The van der Waals surface area contributed by atoms with Gasteiger partial charge in [0.05, 0.1) is 11.3 Å². The molecule has 6 heteroatoms. The molecule has 0 amide bonds. The number of hydrogen-bond donors (Lipinski definition) is 0. The van der Waals surface area contributed by atoms with Gasteiger partial charge < -0.3 is 4.74 Å². The number of Topliss-reactive ketones (excluding diaryl/α,β-unsaturated/α-hetero) is 1. The van der Waals surface area contributed by atoms with Crippen LogP contribution in [0.1, 0.15) is 10.4 Å². The Morgan fingerprint density at radius 1 is 0.923 bits per heavy atom. The van der Waals surface area contributed by atoms with Crippen molar-refractivity contribution in [2.45, 2.75) is 4.90 Å². The number of rotatable bonds is 6. The third-order valence-corrected chi connectivity index (χ3v) is 4.64. The smallest absolute Gasteiger partial charge is 0.316 e. The lowest BCUT2D eigenvalue weighted by Crippen LogP contribution is -2.16. The van der Waals surface area contributed by atoms with Gasteiger partial charge in [-0.3, -0.25) is 9.59 Å². The molecule has 0 aliphatic rings. The monoisotopic (exact) mass is 372 g/mol. The summed E-state index contributed by atoms with van der Waals surface area (Å²) in [6.45, 7) is -0.627. The lowest BCUT2D eigenvalue weighted by atomic mass is 10.1. The Kier molecular flexibility index (Phi) is 5.63. The zero-order valence-electron chi connectivity index (χ0n) is 13.6. The second kappa shape index (κ2) is 8.10. The minimum absolute atomic E-state index is 0.0112. The number of halogens is 2. The van der Waals surface area contributed by atoms with Gasteiger partial charge in [-0.1, -0.05) is 30.3 Å². The number of ketones is 1. The van der Waals surface area contributed by atoms with Crippen molar-refractivity contribution in [1.82, 2.24) is 0 Å². The van der Waals surface area contributed by atoms with Crippen LogP contribution in [0.5, 0.6) is 0 Å². The minimum atomic E-state index is -0.849. The number of ether oxygens (including phenoxy) is 1. The van der Waals surface area contributed by atoms with E-state index in [1.807, 2.05) is 42.5 Å². The number of esters is 1. The molecular weight excluding hydrogens is 358 g/mol. The molecule has 3 rings (SSSR count). The third-order valence-electron chi connectivity index (χ3n) is 3.67. The summed E-state index contributed by atoms with van der Waals surface area (Å²) in [4.78, 5) is 24.5. The molecule has 0 saturated carbocycles. The molecule has 0 heterocycles. The highest BCUT2D eigenvalue weighted by molar-refractivity contribution is 8.00. The molecule has 3 aromatic rings. The van der Waals surface area contributed by atoms with Gasteiger partial charge in [-0.05, 0) is 41.1 Å². The lowest BCUT2D eigenvalue weighted by Gasteiger charge is -2.06. The van der Waals surface area contributed by atoms with Crippen molar-refractivity contribution in [3.8, 4) is 0 Å². The predicted octanol–water partition coefficient (Wildman–Crippen LogP) is 4.64. The van der Waals surface area contributed by atoms with Crippen molar-refractivity contribution in [3.05, 3.63) is 77.9 Å². The van der Waals surface area contributed by atoms with Crippen LogP contribution >= 0.6 is 11.8 Å². The van der Waals surface area contributed by atoms with Crippen LogP contribution in [-0.4, -0.2) is 24.1 Å². The molecule has 0 saturated heterocycles. The van der Waals surface area contributed by atoms with Crippen molar-refractivity contribution in [3.63, 3.8) is 0 Å². The van der Waals surface area contributed by atoms with Gasteiger partial charge in [0.1, 0.15) is 11.6 Å². The van der Waals surface area contributed by atoms with Gasteiger partial charge in [0.15, 0.2) is 6.61 Å². The molecule has 26 heavy (non-hydrogen) atoms. The van der Waals surface area contributed by atoms with E-state index in [4.69, 9.17) is 4.74 Å². The van der Waals surface area contributed by atoms with Crippen LogP contribution in [0, 0.1) is 11.6 Å². The molecule has 3 aromatic carbocycles. The summed E-state index contributed by atoms with van der Waals surface area (Å²) in [5, 5.41) is 2.16. The molecule has 3 nitrogen and oxygen atoms in total. The second-order valence-electron chi connectivity index (χ2n) is 5.51. The van der Waals surface area contributed by atoms with Crippen LogP contribution in [0.3, 0.4) is 0 Å². The van der Waals surface area contributed by atoms with Gasteiger partial charge in [0.25, 0.3) is 0 Å². The van der Waals surface area contributed by atoms with E-state index in [1.54, 1.807) is 0 Å². The summed E-state index contributed by atoms with van der Waals surface area (Å²) >= 11 is 1.28. The number of fused-ring (bicyclic) bond motifs is 1. The molecule has 0 fully saturated rings. The molecule has 0 radical (unpaired) electrons. The maximum Gasteiger partial charge on any atom is 0.316 e. The number of carbonyl (C=O) groups excluding carboxylic acids is 2. The fourth-order valence-electron chi connectivity index (χ4n) is 2.38. The van der Waals surface area contributed by atoms with E-state index in [-0.39, 0.29) is 5.75 Å². The van der Waals surface area contributed by atoms with Gasteiger partial charge in [0, 0.05) is 4.90 Å². The first kappa shape index (κ1) is 18.1. The van der Waals surface area contributed by atoms with Crippen LogP contribution in [0.15, 0.2) is 65.6 Å². The largest absolute Gasteiger partial charge is 0.457 e. The molecule has 0 aliphatic carbocycles. The zero-order chi connectivity index (χ0) is 18.5. The number of thioether (sulfide) groups is 1. The van der Waals surface area contributed by atoms with Crippen molar-refractivity contribution in [1.29, 1.82) is 0 Å². The first-order chi connectivity index (χ1) is 12.5. The Labute approximate surface area is 153 Å². The van der Waals surface area contributed by atoms with Crippen LogP contribution in [0.25, 0.3) is 10.8 Å². The molecule has 0 N–H and O–H groups in total. The van der Waals surface area contributed by atoms with Crippen molar-refractivity contribution in [2.24, 2.45) is 0 Å². The molecule has 0 atom stereocenters. The molecule has 0 bridgehead atoms. The van der Waals surface area contributed by atoms with Gasteiger partial charge >= 0.3 is 5.97 Å². The van der Waals surface area contributed by atoms with E-state index in [1.165, 1.54) is 11.8 Å². The molecule has 0 unspecified atom stereocenters. The maximum absolute atomic E-state index is 13.5. The molecule has 132 valence electrons. The van der Waals surface area contributed by atoms with E-state index >= 15 is 0 Å².